The van der Waals surface area contributed by atoms with Gasteiger partial charge in [-0.25, -0.2) is 0 Å². The number of carbonyl (C=O) groups excluding carboxylic acids is 1. The topological polar surface area (TPSA) is 32.3 Å². The number of benzene rings is 1. The molecule has 0 saturated carbocycles. The summed E-state index contributed by atoms with van der Waals surface area (Å²) < 4.78 is 0. The Labute approximate surface area is 128 Å². The van der Waals surface area contributed by atoms with Crippen LogP contribution >= 0.6 is 0 Å². The van der Waals surface area contributed by atoms with Crippen molar-refractivity contribution in [3.05, 3.63) is 35.9 Å². The number of hydrogen-bond acceptors (Lipinski definition) is 2. The summed E-state index contributed by atoms with van der Waals surface area (Å²) in [6.45, 7) is 5.98. The molecule has 3 nitrogen and oxygen atoms in total. The predicted octanol–water partition coefficient (Wildman–Crippen LogP) is 3.21. The van der Waals surface area contributed by atoms with Crippen molar-refractivity contribution in [1.29, 1.82) is 0 Å². The summed E-state index contributed by atoms with van der Waals surface area (Å²) in [6, 6.07) is 10.5. The van der Waals surface area contributed by atoms with E-state index in [0.717, 1.165) is 45.4 Å². The third kappa shape index (κ3) is 5.50. The van der Waals surface area contributed by atoms with Gasteiger partial charge < -0.3 is 5.32 Å². The largest absolute Gasteiger partial charge is 0.356 e. The number of amides is 1. The number of unbranched alkanes of at least 4 members (excludes halogenated alkanes) is 2. The second-order valence-corrected chi connectivity index (χ2v) is 6.06. The number of likely N-dealkylation sites (tertiary alicyclic amines) is 1. The van der Waals surface area contributed by atoms with Crippen LogP contribution in [0.15, 0.2) is 30.3 Å². The van der Waals surface area contributed by atoms with Crippen LogP contribution in [0, 0.1) is 5.92 Å². The van der Waals surface area contributed by atoms with Crippen molar-refractivity contribution in [2.24, 2.45) is 5.92 Å². The van der Waals surface area contributed by atoms with E-state index < -0.39 is 0 Å². The van der Waals surface area contributed by atoms with Gasteiger partial charge in [0, 0.05) is 19.6 Å². The molecule has 1 aliphatic rings. The number of hydrogen-bond donors (Lipinski definition) is 1. The summed E-state index contributed by atoms with van der Waals surface area (Å²) in [5, 5.41) is 3.11. The van der Waals surface area contributed by atoms with Crippen LogP contribution in [0.5, 0.6) is 0 Å². The minimum atomic E-state index is 0.170. The van der Waals surface area contributed by atoms with Crippen LogP contribution in [-0.4, -0.2) is 30.4 Å². The number of nitrogens with zero attached hydrogens (tertiary/aromatic N) is 1. The second-order valence-electron chi connectivity index (χ2n) is 6.06. The van der Waals surface area contributed by atoms with Crippen molar-refractivity contribution in [3.8, 4) is 0 Å². The highest BCUT2D eigenvalue weighted by Gasteiger charge is 2.25. The van der Waals surface area contributed by atoms with Gasteiger partial charge in [0.05, 0.1) is 5.92 Å². The molecule has 2 rings (SSSR count). The van der Waals surface area contributed by atoms with Crippen LogP contribution in [0.25, 0.3) is 0 Å². The van der Waals surface area contributed by atoms with Crippen LogP contribution in [0.3, 0.4) is 0 Å². The third-order valence-corrected chi connectivity index (χ3v) is 4.20. The normalized spacial score (nSPS) is 19.4. The van der Waals surface area contributed by atoms with E-state index in [4.69, 9.17) is 0 Å². The highest BCUT2D eigenvalue weighted by molar-refractivity contribution is 5.78. The average Bonchev–Trinajstić information content (AvgIpc) is 2.53. The minimum Gasteiger partial charge on any atom is -0.356 e. The monoisotopic (exact) mass is 288 g/mol. The molecule has 1 aromatic rings. The molecule has 1 heterocycles. The maximum Gasteiger partial charge on any atom is 0.224 e. The molecular formula is C18H28N2O. The van der Waals surface area contributed by atoms with E-state index in [2.05, 4.69) is 41.4 Å². The maximum atomic E-state index is 12.2. The van der Waals surface area contributed by atoms with Gasteiger partial charge in [0.2, 0.25) is 5.91 Å². The van der Waals surface area contributed by atoms with Crippen molar-refractivity contribution in [2.45, 2.75) is 45.6 Å². The van der Waals surface area contributed by atoms with E-state index in [1.54, 1.807) is 0 Å². The Kier molecular flexibility index (Phi) is 6.74. The molecule has 1 fully saturated rings. The van der Waals surface area contributed by atoms with Crippen molar-refractivity contribution < 1.29 is 4.79 Å². The van der Waals surface area contributed by atoms with E-state index in [-0.39, 0.29) is 11.8 Å². The lowest BCUT2D eigenvalue weighted by atomic mass is 9.96. The Morgan fingerprint density at radius 2 is 2.10 bits per heavy atom. The summed E-state index contributed by atoms with van der Waals surface area (Å²) in [7, 11) is 0. The molecular weight excluding hydrogens is 260 g/mol. The highest BCUT2D eigenvalue weighted by Crippen LogP contribution is 2.18. The fraction of sp³-hybridized carbons (Fsp3) is 0.611. The molecule has 3 heteroatoms. The second kappa shape index (κ2) is 8.83. The summed E-state index contributed by atoms with van der Waals surface area (Å²) >= 11 is 0. The molecule has 1 aromatic carbocycles. The van der Waals surface area contributed by atoms with Crippen molar-refractivity contribution in [3.63, 3.8) is 0 Å². The smallest absolute Gasteiger partial charge is 0.224 e. The average molecular weight is 288 g/mol. The van der Waals surface area contributed by atoms with E-state index in [9.17, 15) is 4.79 Å². The Hall–Kier alpha value is -1.35. The van der Waals surface area contributed by atoms with Crippen LogP contribution in [0.2, 0.25) is 0 Å². The molecule has 1 saturated heterocycles. The first-order chi connectivity index (χ1) is 10.3. The summed E-state index contributed by atoms with van der Waals surface area (Å²) in [5.74, 6) is 0.424. The molecule has 0 aromatic heterocycles. The van der Waals surface area contributed by atoms with Crippen LogP contribution in [0.1, 0.15) is 44.6 Å². The van der Waals surface area contributed by atoms with Gasteiger partial charge in [-0.1, -0.05) is 50.1 Å². The zero-order valence-corrected chi connectivity index (χ0v) is 13.2. The summed E-state index contributed by atoms with van der Waals surface area (Å²) in [4.78, 5) is 14.6. The van der Waals surface area contributed by atoms with Gasteiger partial charge >= 0.3 is 0 Å². The lowest BCUT2D eigenvalue weighted by Crippen LogP contribution is -2.42. The number of rotatable bonds is 7. The zero-order valence-electron chi connectivity index (χ0n) is 13.2. The van der Waals surface area contributed by atoms with E-state index in [0.29, 0.717) is 0 Å². The highest BCUT2D eigenvalue weighted by atomic mass is 16.1. The molecule has 0 radical (unpaired) electrons. The van der Waals surface area contributed by atoms with E-state index >= 15 is 0 Å². The SMILES string of the molecule is CCCCCNC(=O)C1CCCN(Cc2ccccc2)C1. The molecule has 116 valence electrons. The van der Waals surface area contributed by atoms with Gasteiger partial charge in [0.1, 0.15) is 0 Å². The van der Waals surface area contributed by atoms with Crippen LogP contribution in [0.4, 0.5) is 0 Å². The van der Waals surface area contributed by atoms with Crippen molar-refractivity contribution in [2.75, 3.05) is 19.6 Å². The fourth-order valence-corrected chi connectivity index (χ4v) is 2.99. The van der Waals surface area contributed by atoms with E-state index in [1.165, 1.54) is 18.4 Å². The Balaban J connectivity index is 1.76. The number of piperidine rings is 1. The molecule has 0 aliphatic carbocycles. The summed E-state index contributed by atoms with van der Waals surface area (Å²) in [6.07, 6.45) is 5.66. The quantitative estimate of drug-likeness (QED) is 0.781. The molecule has 1 N–H and O–H groups in total. The first kappa shape index (κ1) is 16.0. The predicted molar refractivity (Wildman–Crippen MR) is 87.0 cm³/mol. The van der Waals surface area contributed by atoms with Crippen LogP contribution in [-0.2, 0) is 11.3 Å². The van der Waals surface area contributed by atoms with Gasteiger partial charge in [-0.2, -0.15) is 0 Å². The number of carbonyl (C=O) groups is 1. The molecule has 0 spiro atoms. The maximum absolute atomic E-state index is 12.2. The molecule has 1 aliphatic heterocycles. The lowest BCUT2D eigenvalue weighted by molar-refractivity contribution is -0.126. The molecule has 1 atom stereocenters. The molecule has 1 unspecified atom stereocenters. The van der Waals surface area contributed by atoms with Gasteiger partial charge in [-0.05, 0) is 31.4 Å². The van der Waals surface area contributed by atoms with E-state index in [1.807, 2.05) is 6.07 Å². The Morgan fingerprint density at radius 1 is 1.29 bits per heavy atom. The lowest BCUT2D eigenvalue weighted by Gasteiger charge is -2.32. The van der Waals surface area contributed by atoms with Crippen molar-refractivity contribution >= 4 is 5.91 Å². The first-order valence-electron chi connectivity index (χ1n) is 8.33. The molecule has 0 bridgehead atoms. The molecule has 21 heavy (non-hydrogen) atoms. The van der Waals surface area contributed by atoms with Gasteiger partial charge in [-0.3, -0.25) is 9.69 Å². The Morgan fingerprint density at radius 3 is 2.86 bits per heavy atom. The third-order valence-electron chi connectivity index (χ3n) is 4.20. The standard InChI is InChI=1S/C18H28N2O/c1-2-3-7-12-19-18(21)17-11-8-13-20(15-17)14-16-9-5-4-6-10-16/h4-6,9-10,17H,2-3,7-8,11-15H2,1H3,(H,19,21). The van der Waals surface area contributed by atoms with Gasteiger partial charge in [0.15, 0.2) is 0 Å². The minimum absolute atomic E-state index is 0.170. The summed E-state index contributed by atoms with van der Waals surface area (Å²) in [5.41, 5.74) is 1.33. The first-order valence-corrected chi connectivity index (χ1v) is 8.33. The number of nitrogens with one attached hydrogen (secondary N) is 1. The molecule has 1 amide bonds. The fourth-order valence-electron chi connectivity index (χ4n) is 2.99. The van der Waals surface area contributed by atoms with Crippen molar-refractivity contribution in [1.82, 2.24) is 10.2 Å². The van der Waals surface area contributed by atoms with Gasteiger partial charge in [0.25, 0.3) is 0 Å². The zero-order chi connectivity index (χ0) is 14.9. The van der Waals surface area contributed by atoms with Gasteiger partial charge in [-0.15, -0.1) is 0 Å². The van der Waals surface area contributed by atoms with Crippen LogP contribution < -0.4 is 5.32 Å². The Bertz CT molecular complexity index is 418.